The van der Waals surface area contributed by atoms with Gasteiger partial charge in [0, 0.05) is 12.5 Å². The monoisotopic (exact) mass is 462 g/mol. The van der Waals surface area contributed by atoms with E-state index >= 15 is 0 Å². The first kappa shape index (κ1) is 24.6. The summed E-state index contributed by atoms with van der Waals surface area (Å²) in [6.45, 7) is 19.9. The number of halogens is 1. The van der Waals surface area contributed by atoms with Gasteiger partial charge in [-0.15, -0.1) is 0 Å². The number of rotatable bonds is 4. The molecule has 0 aromatic heterocycles. The highest BCUT2D eigenvalue weighted by atomic mass is 28.4. The third-order valence-corrected chi connectivity index (χ3v) is 15.9. The number of carbonyl (C=O) groups is 1. The van der Waals surface area contributed by atoms with E-state index in [2.05, 4.69) is 60.7 Å². The van der Waals surface area contributed by atoms with E-state index in [0.717, 1.165) is 31.3 Å². The molecule has 0 aromatic carbocycles. The zero-order valence-electron chi connectivity index (χ0n) is 21.8. The van der Waals surface area contributed by atoms with Crippen LogP contribution in [0.1, 0.15) is 80.1 Å². The van der Waals surface area contributed by atoms with Crippen molar-refractivity contribution in [2.24, 2.45) is 46.3 Å². The molecule has 182 valence electrons. The second-order valence-corrected chi connectivity index (χ2v) is 18.7. The molecule has 2 nitrogen and oxygen atoms in total. The summed E-state index contributed by atoms with van der Waals surface area (Å²) in [5, 5.41) is 0.254. The molecule has 0 N–H and O–H groups in total. The van der Waals surface area contributed by atoms with Gasteiger partial charge in [-0.05, 0) is 103 Å². The van der Waals surface area contributed by atoms with E-state index in [-0.39, 0.29) is 22.2 Å². The summed E-state index contributed by atoms with van der Waals surface area (Å²) in [6, 6.07) is 0. The molecule has 3 saturated carbocycles. The molecule has 4 aliphatic rings. The molecule has 32 heavy (non-hydrogen) atoms. The first-order chi connectivity index (χ1) is 14.7. The van der Waals surface area contributed by atoms with Crippen molar-refractivity contribution in [1.29, 1.82) is 0 Å². The van der Waals surface area contributed by atoms with Crippen LogP contribution in [-0.4, -0.2) is 26.9 Å². The predicted octanol–water partition coefficient (Wildman–Crippen LogP) is 7.60. The molecule has 3 fully saturated rings. The smallest absolute Gasteiger partial charge is 0.191 e. The fourth-order valence-corrected chi connectivity index (χ4v) is 9.44. The predicted molar refractivity (Wildman–Crippen MR) is 133 cm³/mol. The van der Waals surface area contributed by atoms with Gasteiger partial charge in [-0.25, -0.2) is 4.39 Å². The highest BCUT2D eigenvalue weighted by Gasteiger charge is 2.61. The first-order valence-corrected chi connectivity index (χ1v) is 16.1. The SMILES string of the molecule is C[C@H](CO[Si](C)(C)C(C)(C)C)[C@H]1CC[C@H]2[C@@H]3CC[C@H]4C(F)C(=O)C=C[C@]4(C)[C@H]3CC[C@]12C. The summed E-state index contributed by atoms with van der Waals surface area (Å²) in [6.07, 6.45) is 9.42. The molecule has 0 radical (unpaired) electrons. The number of allylic oxidation sites excluding steroid dienone is 2. The molecule has 0 heterocycles. The first-order valence-electron chi connectivity index (χ1n) is 13.2. The van der Waals surface area contributed by atoms with Gasteiger partial charge in [-0.3, -0.25) is 4.79 Å². The van der Waals surface area contributed by atoms with Crippen molar-refractivity contribution in [2.75, 3.05) is 6.61 Å². The number of ketones is 1. The zero-order chi connectivity index (χ0) is 23.7. The molecule has 1 unspecified atom stereocenters. The van der Waals surface area contributed by atoms with Crippen LogP contribution in [0.4, 0.5) is 4.39 Å². The second-order valence-electron chi connectivity index (χ2n) is 13.8. The van der Waals surface area contributed by atoms with E-state index < -0.39 is 14.5 Å². The molecule has 0 saturated heterocycles. The number of fused-ring (bicyclic) bond motifs is 5. The van der Waals surface area contributed by atoms with Crippen LogP contribution in [0, 0.1) is 46.3 Å². The lowest BCUT2D eigenvalue weighted by Gasteiger charge is -2.59. The van der Waals surface area contributed by atoms with Crippen LogP contribution in [0.25, 0.3) is 0 Å². The zero-order valence-corrected chi connectivity index (χ0v) is 22.8. The minimum absolute atomic E-state index is 0.111. The average Bonchev–Trinajstić information content (AvgIpc) is 3.06. The Labute approximate surface area is 197 Å². The Morgan fingerprint density at radius 2 is 1.75 bits per heavy atom. The van der Waals surface area contributed by atoms with Crippen LogP contribution >= 0.6 is 0 Å². The number of hydrogen-bond acceptors (Lipinski definition) is 2. The molecule has 9 atom stereocenters. The Morgan fingerprint density at radius 1 is 1.09 bits per heavy atom. The molecule has 4 aliphatic carbocycles. The standard InChI is InChI=1S/C28H47FO2Si/c1-18(17-31-32(7,8)26(2,3)4)20-11-12-21-19-9-10-23-25(29)24(30)14-16-28(23,6)22(19)13-15-27(20,21)5/h14,16,18-23,25H,9-13,15,17H2,1-8H3/t18-,19+,20-,21+,22+,23+,25?,27-,28-/m1/s1. The molecule has 0 spiro atoms. The van der Waals surface area contributed by atoms with Crippen molar-refractivity contribution < 1.29 is 13.6 Å². The highest BCUT2D eigenvalue weighted by molar-refractivity contribution is 6.74. The van der Waals surface area contributed by atoms with Crippen LogP contribution in [0.2, 0.25) is 18.1 Å². The van der Waals surface area contributed by atoms with Crippen LogP contribution in [-0.2, 0) is 9.22 Å². The van der Waals surface area contributed by atoms with Crippen molar-refractivity contribution in [2.45, 2.75) is 104 Å². The lowest BCUT2D eigenvalue weighted by Crippen LogP contribution is -2.55. The molecule has 0 aliphatic heterocycles. The van der Waals surface area contributed by atoms with Gasteiger partial charge in [-0.1, -0.05) is 47.6 Å². The summed E-state index contributed by atoms with van der Waals surface area (Å²) in [7, 11) is -1.73. The van der Waals surface area contributed by atoms with Gasteiger partial charge in [-0.2, -0.15) is 0 Å². The van der Waals surface area contributed by atoms with Gasteiger partial charge in [0.15, 0.2) is 20.3 Å². The normalized spacial score (nSPS) is 45.2. The van der Waals surface area contributed by atoms with Crippen LogP contribution in [0.5, 0.6) is 0 Å². The van der Waals surface area contributed by atoms with Gasteiger partial charge in [0.05, 0.1) is 0 Å². The van der Waals surface area contributed by atoms with E-state index in [0.29, 0.717) is 23.2 Å². The van der Waals surface area contributed by atoms with Crippen molar-refractivity contribution in [3.05, 3.63) is 12.2 Å². The largest absolute Gasteiger partial charge is 0.417 e. The fourth-order valence-electron chi connectivity index (χ4n) is 8.33. The summed E-state index contributed by atoms with van der Waals surface area (Å²) in [4.78, 5) is 12.0. The van der Waals surface area contributed by atoms with Crippen LogP contribution in [0.15, 0.2) is 12.2 Å². The third kappa shape index (κ3) is 3.70. The number of alkyl halides is 1. The van der Waals surface area contributed by atoms with Crippen molar-refractivity contribution in [3.8, 4) is 0 Å². The maximum Gasteiger partial charge on any atom is 0.191 e. The molecule has 4 heteroatoms. The van der Waals surface area contributed by atoms with Gasteiger partial charge in [0.2, 0.25) is 0 Å². The summed E-state index contributed by atoms with van der Waals surface area (Å²) < 4.78 is 21.5. The van der Waals surface area contributed by atoms with E-state index in [4.69, 9.17) is 4.43 Å². The molecule has 0 amide bonds. The van der Waals surface area contributed by atoms with Crippen LogP contribution in [0.3, 0.4) is 0 Å². The van der Waals surface area contributed by atoms with Gasteiger partial charge < -0.3 is 4.43 Å². The van der Waals surface area contributed by atoms with Gasteiger partial charge >= 0.3 is 0 Å². The highest BCUT2D eigenvalue weighted by Crippen LogP contribution is 2.67. The summed E-state index contributed by atoms with van der Waals surface area (Å²) in [5.41, 5.74) is 0.233. The lowest BCUT2D eigenvalue weighted by atomic mass is 9.45. The Balaban J connectivity index is 1.50. The van der Waals surface area contributed by atoms with E-state index in [9.17, 15) is 9.18 Å². The van der Waals surface area contributed by atoms with Gasteiger partial charge in [0.1, 0.15) is 0 Å². The summed E-state index contributed by atoms with van der Waals surface area (Å²) >= 11 is 0. The van der Waals surface area contributed by atoms with Crippen molar-refractivity contribution in [1.82, 2.24) is 0 Å². The molecule has 0 bridgehead atoms. The average molecular weight is 463 g/mol. The molecular weight excluding hydrogens is 415 g/mol. The van der Waals surface area contributed by atoms with Gasteiger partial charge in [0.25, 0.3) is 0 Å². The lowest BCUT2D eigenvalue weighted by molar-refractivity contribution is -0.133. The van der Waals surface area contributed by atoms with E-state index in [1.165, 1.54) is 25.7 Å². The Morgan fingerprint density at radius 3 is 2.41 bits per heavy atom. The minimum Gasteiger partial charge on any atom is -0.417 e. The number of carbonyl (C=O) groups excluding carboxylic acids is 1. The fraction of sp³-hybridized carbons (Fsp3) is 0.893. The van der Waals surface area contributed by atoms with Crippen molar-refractivity contribution in [3.63, 3.8) is 0 Å². The third-order valence-electron chi connectivity index (χ3n) is 11.4. The Bertz CT molecular complexity index is 770. The van der Waals surface area contributed by atoms with Crippen LogP contribution < -0.4 is 0 Å². The topological polar surface area (TPSA) is 26.3 Å². The Kier molecular flexibility index (Phi) is 6.19. The molecule has 4 rings (SSSR count). The molecular formula is C28H47FO2Si. The van der Waals surface area contributed by atoms with Crippen molar-refractivity contribution >= 4 is 14.1 Å². The molecule has 0 aromatic rings. The van der Waals surface area contributed by atoms with E-state index in [1.54, 1.807) is 6.08 Å². The second kappa shape index (κ2) is 8.04. The maximum absolute atomic E-state index is 14.9. The quantitative estimate of drug-likeness (QED) is 0.402. The van der Waals surface area contributed by atoms with E-state index in [1.807, 2.05) is 0 Å². The minimum atomic E-state index is -1.73. The summed E-state index contributed by atoms with van der Waals surface area (Å²) in [5.74, 6) is 2.84. The Hall–Kier alpha value is -0.483. The maximum atomic E-state index is 14.9. The number of hydrogen-bond donors (Lipinski definition) is 0.